The first-order chi connectivity index (χ1) is 10.1. The van der Waals surface area contributed by atoms with E-state index in [1.165, 1.54) is 6.42 Å². The highest BCUT2D eigenvalue weighted by molar-refractivity contribution is 6.74. The standard InChI is InChI=1S/C17H28BNO2Si/c1-17(2,3)22(4,5)21-10-14-15-12-7-6-11(8-12)13(15)9-19(14)16(18)20/h6-7,11-15H,8-10H2,1-5H3. The van der Waals surface area contributed by atoms with Gasteiger partial charge in [-0.15, -0.1) is 0 Å². The topological polar surface area (TPSA) is 29.5 Å². The normalized spacial score (nSPS) is 37.0. The first kappa shape index (κ1) is 16.3. The summed E-state index contributed by atoms with van der Waals surface area (Å²) >= 11 is 0. The van der Waals surface area contributed by atoms with Crippen LogP contribution < -0.4 is 0 Å². The second-order valence-corrected chi connectivity index (χ2v) is 13.6. The highest BCUT2D eigenvalue weighted by Gasteiger charge is 2.55. The van der Waals surface area contributed by atoms with E-state index in [0.29, 0.717) is 30.3 Å². The molecule has 2 aliphatic carbocycles. The third-order valence-corrected chi connectivity index (χ3v) is 11.1. The highest BCUT2D eigenvalue weighted by Crippen LogP contribution is 2.54. The number of hydrogen-bond donors (Lipinski definition) is 0. The monoisotopic (exact) mass is 317 g/mol. The summed E-state index contributed by atoms with van der Waals surface area (Å²) < 4.78 is 6.44. The van der Waals surface area contributed by atoms with Crippen molar-refractivity contribution in [1.29, 1.82) is 0 Å². The predicted molar refractivity (Wildman–Crippen MR) is 92.5 cm³/mol. The van der Waals surface area contributed by atoms with Crippen molar-refractivity contribution in [3.63, 3.8) is 0 Å². The van der Waals surface area contributed by atoms with Crippen LogP contribution in [-0.2, 0) is 4.43 Å². The van der Waals surface area contributed by atoms with Crippen LogP contribution in [0.4, 0.5) is 4.79 Å². The van der Waals surface area contributed by atoms with E-state index < -0.39 is 8.32 Å². The molecule has 2 bridgehead atoms. The molecule has 3 rings (SSSR count). The molecule has 0 aromatic rings. The fourth-order valence-corrected chi connectivity index (χ4v) is 5.35. The van der Waals surface area contributed by atoms with Gasteiger partial charge >= 0.3 is 0 Å². The molecule has 1 amide bonds. The summed E-state index contributed by atoms with van der Waals surface area (Å²) in [6.07, 6.45) is 5.97. The van der Waals surface area contributed by atoms with E-state index >= 15 is 0 Å². The van der Waals surface area contributed by atoms with E-state index in [1.807, 2.05) is 4.90 Å². The van der Waals surface area contributed by atoms with Gasteiger partial charge in [-0.2, -0.15) is 0 Å². The summed E-state index contributed by atoms with van der Waals surface area (Å²) in [5, 5.41) is 0.192. The molecule has 1 saturated carbocycles. The van der Waals surface area contributed by atoms with Crippen molar-refractivity contribution < 1.29 is 9.22 Å². The number of likely N-dealkylation sites (tertiary alicyclic amines) is 1. The molecule has 1 saturated heterocycles. The average Bonchev–Trinajstić information content (AvgIpc) is 3.06. The van der Waals surface area contributed by atoms with Crippen LogP contribution in [0.5, 0.6) is 0 Å². The highest BCUT2D eigenvalue weighted by atomic mass is 28.4. The summed E-state index contributed by atoms with van der Waals surface area (Å²) in [6, 6.07) is 0.163. The predicted octanol–water partition coefficient (Wildman–Crippen LogP) is 3.42. The van der Waals surface area contributed by atoms with Crippen LogP contribution in [0.3, 0.4) is 0 Å². The maximum atomic E-state index is 11.9. The van der Waals surface area contributed by atoms with Crippen LogP contribution >= 0.6 is 0 Å². The average molecular weight is 317 g/mol. The van der Waals surface area contributed by atoms with Crippen LogP contribution in [0, 0.1) is 23.7 Å². The van der Waals surface area contributed by atoms with Gasteiger partial charge in [0.2, 0.25) is 7.85 Å². The molecule has 22 heavy (non-hydrogen) atoms. The first-order valence-corrected chi connectivity index (χ1v) is 11.4. The Bertz CT molecular complexity index is 499. The lowest BCUT2D eigenvalue weighted by Gasteiger charge is -2.39. The lowest BCUT2D eigenvalue weighted by Crippen LogP contribution is -2.47. The van der Waals surface area contributed by atoms with Crippen molar-refractivity contribution in [2.45, 2.75) is 51.4 Å². The minimum absolute atomic E-state index is 0.163. The van der Waals surface area contributed by atoms with Gasteiger partial charge in [0.15, 0.2) is 14.1 Å². The van der Waals surface area contributed by atoms with E-state index in [9.17, 15) is 4.79 Å². The molecule has 2 radical (unpaired) electrons. The van der Waals surface area contributed by atoms with Gasteiger partial charge < -0.3 is 9.33 Å². The summed E-state index contributed by atoms with van der Waals surface area (Å²) in [4.78, 5) is 13.8. The van der Waals surface area contributed by atoms with Crippen molar-refractivity contribution in [3.05, 3.63) is 12.2 Å². The fourth-order valence-electron chi connectivity index (χ4n) is 4.33. The van der Waals surface area contributed by atoms with Crippen LogP contribution in [0.2, 0.25) is 18.1 Å². The van der Waals surface area contributed by atoms with E-state index in [2.05, 4.69) is 46.0 Å². The van der Waals surface area contributed by atoms with Gasteiger partial charge in [0.05, 0.1) is 12.6 Å². The summed E-state index contributed by atoms with van der Waals surface area (Å²) in [5.74, 6) is 2.13. The lowest BCUT2D eigenvalue weighted by molar-refractivity contribution is 0.147. The second kappa shape index (κ2) is 5.23. The molecule has 3 aliphatic rings. The van der Waals surface area contributed by atoms with Gasteiger partial charge in [-0.05, 0) is 48.2 Å². The number of carbonyl (C=O) groups excluding carboxylic acids is 1. The molecule has 1 heterocycles. The number of hydrogen-bond acceptors (Lipinski definition) is 2. The SMILES string of the molecule is [B]C(=O)N1CC2C3C=CC(C3)C2C1CO[Si](C)(C)C(C)(C)C. The maximum Gasteiger partial charge on any atom is 0.200 e. The number of rotatable bonds is 3. The molecule has 2 fully saturated rings. The molecular formula is C17H28BNO2Si. The Kier molecular flexibility index (Phi) is 3.88. The van der Waals surface area contributed by atoms with Gasteiger partial charge in [-0.3, -0.25) is 4.79 Å². The Labute approximate surface area is 137 Å². The zero-order valence-electron chi connectivity index (χ0n) is 14.5. The molecule has 5 unspecified atom stereocenters. The Morgan fingerprint density at radius 1 is 1.32 bits per heavy atom. The van der Waals surface area contributed by atoms with Crippen molar-refractivity contribution in [1.82, 2.24) is 4.90 Å². The van der Waals surface area contributed by atoms with Crippen molar-refractivity contribution in [2.24, 2.45) is 23.7 Å². The molecule has 5 heteroatoms. The summed E-state index contributed by atoms with van der Waals surface area (Å²) in [5.41, 5.74) is 0. The van der Waals surface area contributed by atoms with Crippen LogP contribution in [0.25, 0.3) is 0 Å². The summed E-state index contributed by atoms with van der Waals surface area (Å²) in [6.45, 7) is 12.8. The molecule has 3 nitrogen and oxygen atoms in total. The lowest BCUT2D eigenvalue weighted by atomic mass is 9.82. The molecule has 5 atom stereocenters. The Hall–Kier alpha value is -0.548. The molecule has 120 valence electrons. The molecule has 0 N–H and O–H groups in total. The zero-order chi connectivity index (χ0) is 16.3. The minimum Gasteiger partial charge on any atom is -0.415 e. The largest absolute Gasteiger partial charge is 0.415 e. The van der Waals surface area contributed by atoms with E-state index in [4.69, 9.17) is 12.3 Å². The van der Waals surface area contributed by atoms with E-state index in [1.54, 1.807) is 0 Å². The third kappa shape index (κ3) is 2.50. The summed E-state index contributed by atoms with van der Waals surface area (Å²) in [7, 11) is 3.85. The van der Waals surface area contributed by atoms with Crippen molar-refractivity contribution in [3.8, 4) is 0 Å². The molecular weight excluding hydrogens is 289 g/mol. The van der Waals surface area contributed by atoms with Gasteiger partial charge in [0.25, 0.3) is 0 Å². The van der Waals surface area contributed by atoms with Crippen molar-refractivity contribution >= 4 is 22.0 Å². The van der Waals surface area contributed by atoms with Crippen LogP contribution in [-0.4, -0.2) is 46.1 Å². The number of nitrogens with zero attached hydrogens (tertiary/aromatic N) is 1. The van der Waals surface area contributed by atoms with Crippen LogP contribution in [0.1, 0.15) is 27.2 Å². The molecule has 0 aromatic carbocycles. The van der Waals surface area contributed by atoms with E-state index in [-0.39, 0.29) is 16.9 Å². The Morgan fingerprint density at radius 3 is 2.55 bits per heavy atom. The molecule has 0 aromatic heterocycles. The molecule has 1 aliphatic heterocycles. The minimum atomic E-state index is -1.80. The van der Waals surface area contributed by atoms with Gasteiger partial charge in [0.1, 0.15) is 0 Å². The Balaban J connectivity index is 1.75. The second-order valence-electron chi connectivity index (χ2n) is 8.82. The zero-order valence-corrected chi connectivity index (χ0v) is 15.5. The fraction of sp³-hybridized carbons (Fsp3) is 0.824. The quantitative estimate of drug-likeness (QED) is 0.590. The number of fused-ring (bicyclic) bond motifs is 5. The number of carbonyl (C=O) groups is 1. The number of amides is 1. The number of allylic oxidation sites excluding steroid dienone is 2. The van der Waals surface area contributed by atoms with Gasteiger partial charge in [-0.25, -0.2) is 0 Å². The van der Waals surface area contributed by atoms with Crippen LogP contribution in [0.15, 0.2) is 12.2 Å². The van der Waals surface area contributed by atoms with E-state index in [0.717, 1.165) is 6.54 Å². The van der Waals surface area contributed by atoms with Gasteiger partial charge in [0, 0.05) is 6.54 Å². The molecule has 0 spiro atoms. The van der Waals surface area contributed by atoms with Gasteiger partial charge in [-0.1, -0.05) is 32.9 Å². The maximum absolute atomic E-state index is 11.9. The third-order valence-electron chi connectivity index (χ3n) is 6.64. The first-order valence-electron chi connectivity index (χ1n) is 8.50. The van der Waals surface area contributed by atoms with Crippen molar-refractivity contribution in [2.75, 3.05) is 13.2 Å². The smallest absolute Gasteiger partial charge is 0.200 e. The Morgan fingerprint density at radius 2 is 1.95 bits per heavy atom.